The lowest BCUT2D eigenvalue weighted by molar-refractivity contribution is -0.289. The van der Waals surface area contributed by atoms with Crippen LogP contribution >= 0.6 is 22.6 Å². The van der Waals surface area contributed by atoms with Crippen molar-refractivity contribution in [2.45, 2.75) is 82.9 Å². The van der Waals surface area contributed by atoms with Crippen molar-refractivity contribution in [1.29, 1.82) is 0 Å². The summed E-state index contributed by atoms with van der Waals surface area (Å²) in [5, 5.41) is 0. The lowest BCUT2D eigenvalue weighted by Crippen LogP contribution is -2.45. The second-order valence-electron chi connectivity index (χ2n) is 8.82. The van der Waals surface area contributed by atoms with Crippen LogP contribution in [0.4, 0.5) is 0 Å². The monoisotopic (exact) mass is 550 g/mol. The van der Waals surface area contributed by atoms with Gasteiger partial charge in [0.1, 0.15) is 11.9 Å². The van der Waals surface area contributed by atoms with Crippen LogP contribution in [0.25, 0.3) is 0 Å². The first-order valence-electron chi connectivity index (χ1n) is 12.1. The summed E-state index contributed by atoms with van der Waals surface area (Å²) >= 11 is 2.31. The molecule has 5 heteroatoms. The summed E-state index contributed by atoms with van der Waals surface area (Å²) in [6, 6.07) is 16.8. The molecule has 2 saturated heterocycles. The van der Waals surface area contributed by atoms with Crippen molar-refractivity contribution in [1.82, 2.24) is 0 Å². The summed E-state index contributed by atoms with van der Waals surface area (Å²) < 4.78 is 25.7. The third-order valence-electron chi connectivity index (χ3n) is 6.34. The Kier molecular flexibility index (Phi) is 9.26. The van der Waals surface area contributed by atoms with E-state index in [9.17, 15) is 0 Å². The van der Waals surface area contributed by atoms with E-state index in [4.69, 9.17) is 18.9 Å². The van der Waals surface area contributed by atoms with Crippen molar-refractivity contribution in [2.75, 3.05) is 13.2 Å². The van der Waals surface area contributed by atoms with Gasteiger partial charge in [0.2, 0.25) is 0 Å². The highest BCUT2D eigenvalue weighted by atomic mass is 127. The van der Waals surface area contributed by atoms with Crippen molar-refractivity contribution < 1.29 is 18.9 Å². The molecule has 174 valence electrons. The van der Waals surface area contributed by atoms with E-state index < -0.39 is 0 Å². The van der Waals surface area contributed by atoms with E-state index in [1.165, 1.54) is 41.2 Å². The van der Waals surface area contributed by atoms with Gasteiger partial charge in [0.15, 0.2) is 6.29 Å². The van der Waals surface area contributed by atoms with Crippen molar-refractivity contribution in [3.8, 4) is 5.75 Å². The van der Waals surface area contributed by atoms with Crippen LogP contribution in [0.5, 0.6) is 5.75 Å². The van der Waals surface area contributed by atoms with Gasteiger partial charge in [0, 0.05) is 9.13 Å². The zero-order valence-electron chi connectivity index (χ0n) is 19.0. The molecule has 0 radical (unpaired) electrons. The second kappa shape index (κ2) is 12.4. The highest BCUT2D eigenvalue weighted by Crippen LogP contribution is 2.38. The molecule has 4 nitrogen and oxygen atoms in total. The lowest BCUT2D eigenvalue weighted by atomic mass is 9.95. The van der Waals surface area contributed by atoms with Crippen LogP contribution in [0.15, 0.2) is 48.5 Å². The predicted molar refractivity (Wildman–Crippen MR) is 135 cm³/mol. The summed E-state index contributed by atoms with van der Waals surface area (Å²) in [6.45, 7) is 3.62. The Balaban J connectivity index is 1.21. The third-order valence-corrected chi connectivity index (χ3v) is 7.06. The molecule has 2 heterocycles. The maximum absolute atomic E-state index is 6.37. The fourth-order valence-corrected chi connectivity index (χ4v) is 4.80. The molecule has 32 heavy (non-hydrogen) atoms. The summed E-state index contributed by atoms with van der Waals surface area (Å²) in [4.78, 5) is 0. The number of fused-ring (bicyclic) bond motifs is 1. The minimum absolute atomic E-state index is 0.0162. The van der Waals surface area contributed by atoms with Gasteiger partial charge in [-0.2, -0.15) is 0 Å². The van der Waals surface area contributed by atoms with Crippen LogP contribution in [0.1, 0.15) is 81.8 Å². The zero-order chi connectivity index (χ0) is 22.2. The molecule has 4 atom stereocenters. The molecular formula is C27H35IO4. The van der Waals surface area contributed by atoms with Gasteiger partial charge < -0.3 is 18.9 Å². The Labute approximate surface area is 206 Å². The van der Waals surface area contributed by atoms with E-state index >= 15 is 0 Å². The molecule has 0 aromatic heterocycles. The number of hydrogen-bond donors (Lipinski definition) is 0. The van der Waals surface area contributed by atoms with Gasteiger partial charge in [-0.3, -0.25) is 0 Å². The van der Waals surface area contributed by atoms with E-state index in [2.05, 4.69) is 78.0 Å². The number of unbranched alkanes of at least 4 members (excludes halogenated alkanes) is 5. The van der Waals surface area contributed by atoms with Gasteiger partial charge in [-0.05, 0) is 71.7 Å². The van der Waals surface area contributed by atoms with Crippen molar-refractivity contribution in [2.24, 2.45) is 0 Å². The molecule has 0 amide bonds. The molecule has 2 aromatic rings. The van der Waals surface area contributed by atoms with Crippen LogP contribution in [0.2, 0.25) is 0 Å². The summed E-state index contributed by atoms with van der Waals surface area (Å²) in [5.41, 5.74) is 2.28. The van der Waals surface area contributed by atoms with E-state index in [0.29, 0.717) is 6.61 Å². The van der Waals surface area contributed by atoms with Crippen molar-refractivity contribution in [3.05, 3.63) is 63.2 Å². The first-order valence-corrected chi connectivity index (χ1v) is 13.2. The van der Waals surface area contributed by atoms with Gasteiger partial charge in [-0.15, -0.1) is 0 Å². The first-order chi connectivity index (χ1) is 15.7. The molecule has 0 saturated carbocycles. The zero-order valence-corrected chi connectivity index (χ0v) is 21.2. The van der Waals surface area contributed by atoms with Crippen molar-refractivity contribution >= 4 is 22.6 Å². The molecule has 0 N–H and O–H groups in total. The molecule has 2 aromatic carbocycles. The maximum atomic E-state index is 6.37. The molecule has 2 aliphatic heterocycles. The predicted octanol–water partition coefficient (Wildman–Crippen LogP) is 7.36. The number of benzene rings is 2. The minimum Gasteiger partial charge on any atom is -0.494 e. The Morgan fingerprint density at radius 3 is 2.31 bits per heavy atom. The normalized spacial score (nSPS) is 25.3. The molecular weight excluding hydrogens is 515 g/mol. The van der Waals surface area contributed by atoms with Crippen molar-refractivity contribution in [3.63, 3.8) is 0 Å². The Bertz CT molecular complexity index is 807. The Morgan fingerprint density at radius 1 is 0.812 bits per heavy atom. The van der Waals surface area contributed by atoms with Gasteiger partial charge in [0.25, 0.3) is 0 Å². The number of halogens is 1. The first kappa shape index (κ1) is 24.0. The summed E-state index contributed by atoms with van der Waals surface area (Å²) in [6.07, 6.45) is 9.49. The Hall–Kier alpha value is -1.15. The fourth-order valence-electron chi connectivity index (χ4n) is 4.44. The van der Waals surface area contributed by atoms with E-state index in [-0.39, 0.29) is 24.6 Å². The van der Waals surface area contributed by atoms with E-state index in [1.54, 1.807) is 0 Å². The average molecular weight is 550 g/mol. The fraction of sp³-hybridized carbons (Fsp3) is 0.556. The number of ether oxygens (including phenoxy) is 4. The van der Waals surface area contributed by atoms with Gasteiger partial charge in [-0.25, -0.2) is 0 Å². The smallest absolute Gasteiger partial charge is 0.184 e. The third kappa shape index (κ3) is 6.69. The highest BCUT2D eigenvalue weighted by molar-refractivity contribution is 14.1. The van der Waals surface area contributed by atoms with Gasteiger partial charge in [-0.1, -0.05) is 63.3 Å². The standard InChI is InChI=1S/C27H35IO4/c1-2-3-4-5-6-7-18-29-23-14-10-20(11-15-23)24-16-17-25-26(31-24)19-30-27(32-25)21-8-12-22(28)13-9-21/h8-15,24-27H,2-7,16-19H2,1H3/t24-,25+,26-,27-/m1/s1. The molecule has 4 rings (SSSR count). The van der Waals surface area contributed by atoms with Crippen LogP contribution in [0, 0.1) is 3.57 Å². The Morgan fingerprint density at radius 2 is 1.53 bits per heavy atom. The summed E-state index contributed by atoms with van der Waals surface area (Å²) in [5.74, 6) is 0.945. The van der Waals surface area contributed by atoms with Crippen LogP contribution in [-0.2, 0) is 14.2 Å². The molecule has 0 spiro atoms. The molecule has 0 unspecified atom stereocenters. The average Bonchev–Trinajstić information content (AvgIpc) is 2.84. The van der Waals surface area contributed by atoms with Crippen LogP contribution in [0.3, 0.4) is 0 Å². The summed E-state index contributed by atoms with van der Waals surface area (Å²) in [7, 11) is 0. The van der Waals surface area contributed by atoms with E-state index in [1.807, 2.05) is 0 Å². The van der Waals surface area contributed by atoms with Crippen LogP contribution in [-0.4, -0.2) is 25.4 Å². The quantitative estimate of drug-likeness (QED) is 0.229. The SMILES string of the molecule is CCCCCCCCOc1ccc([C@H]2CC[C@@H]3O[C@H](c4ccc(I)cc4)OC[C@H]3O2)cc1. The van der Waals surface area contributed by atoms with Gasteiger partial charge in [0.05, 0.1) is 25.4 Å². The molecule has 2 fully saturated rings. The topological polar surface area (TPSA) is 36.9 Å². The number of hydrogen-bond acceptors (Lipinski definition) is 4. The molecule has 2 aliphatic rings. The highest BCUT2D eigenvalue weighted by Gasteiger charge is 2.38. The van der Waals surface area contributed by atoms with Gasteiger partial charge >= 0.3 is 0 Å². The maximum Gasteiger partial charge on any atom is 0.184 e. The molecule has 0 aliphatic carbocycles. The largest absolute Gasteiger partial charge is 0.494 e. The van der Waals surface area contributed by atoms with E-state index in [0.717, 1.165) is 37.2 Å². The second-order valence-corrected chi connectivity index (χ2v) is 10.1. The van der Waals surface area contributed by atoms with Crippen LogP contribution < -0.4 is 4.74 Å². The molecule has 0 bridgehead atoms. The number of rotatable bonds is 10. The minimum atomic E-state index is -0.295. The lowest BCUT2D eigenvalue weighted by Gasteiger charge is -2.42.